The van der Waals surface area contributed by atoms with Crippen molar-refractivity contribution in [2.24, 2.45) is 0 Å². The maximum Gasteiger partial charge on any atom is 0.100 e. The number of hydrogen-bond acceptors (Lipinski definition) is 1. The third kappa shape index (κ3) is 2.11. The number of benzene rings is 1. The van der Waals surface area contributed by atoms with Crippen LogP contribution in [0.5, 0.6) is 0 Å². The normalized spacial score (nSPS) is 14.5. The molecule has 0 bridgehead atoms. The molecule has 0 aromatic heterocycles. The maximum atomic E-state index is 10.1. The molecule has 68 valence electrons. The fourth-order valence-corrected chi connectivity index (χ4v) is 1.35. The first-order chi connectivity index (χ1) is 6.23. The summed E-state index contributed by atoms with van der Waals surface area (Å²) in [5.74, 6) is 2.51. The average Bonchev–Trinajstić information content (AvgIpc) is 2.19. The number of aliphatic hydroxyl groups is 1. The molecular formula is C12H14O. The van der Waals surface area contributed by atoms with Gasteiger partial charge in [-0.1, -0.05) is 37.3 Å². The van der Waals surface area contributed by atoms with Crippen LogP contribution in [0.3, 0.4) is 0 Å². The molecule has 0 saturated carbocycles. The number of rotatable bonds is 3. The van der Waals surface area contributed by atoms with Gasteiger partial charge in [0.25, 0.3) is 0 Å². The lowest BCUT2D eigenvalue weighted by Crippen LogP contribution is -2.23. The van der Waals surface area contributed by atoms with Crippen molar-refractivity contribution in [3.63, 3.8) is 0 Å². The van der Waals surface area contributed by atoms with E-state index < -0.39 is 5.60 Å². The van der Waals surface area contributed by atoms with Gasteiger partial charge in [0.05, 0.1) is 0 Å². The lowest BCUT2D eigenvalue weighted by molar-refractivity contribution is 0.0378. The number of hydrogen-bond donors (Lipinski definition) is 1. The molecule has 0 radical (unpaired) electrons. The van der Waals surface area contributed by atoms with Gasteiger partial charge < -0.3 is 5.11 Å². The van der Waals surface area contributed by atoms with Gasteiger partial charge in [-0.25, -0.2) is 0 Å². The largest absolute Gasteiger partial charge is 0.384 e. The van der Waals surface area contributed by atoms with Gasteiger partial charge in [-0.15, -0.1) is 12.3 Å². The molecule has 0 spiro atoms. The van der Waals surface area contributed by atoms with Crippen LogP contribution in [0.4, 0.5) is 0 Å². The van der Waals surface area contributed by atoms with Gasteiger partial charge in [-0.3, -0.25) is 0 Å². The lowest BCUT2D eigenvalue weighted by Gasteiger charge is -2.24. The second-order valence-corrected chi connectivity index (χ2v) is 3.13. The van der Waals surface area contributed by atoms with Gasteiger partial charge in [0, 0.05) is 6.42 Å². The molecule has 1 nitrogen and oxygen atoms in total. The summed E-state index contributed by atoms with van der Waals surface area (Å²) in [4.78, 5) is 0. The number of terminal acetylenes is 1. The van der Waals surface area contributed by atoms with Crippen LogP contribution < -0.4 is 0 Å². The third-order valence-electron chi connectivity index (χ3n) is 2.29. The minimum atomic E-state index is -0.851. The van der Waals surface area contributed by atoms with Crippen LogP contribution in [0.2, 0.25) is 0 Å². The zero-order chi connectivity index (χ0) is 9.73. The van der Waals surface area contributed by atoms with Crippen molar-refractivity contribution in [1.29, 1.82) is 0 Å². The maximum absolute atomic E-state index is 10.1. The Morgan fingerprint density at radius 3 is 2.46 bits per heavy atom. The van der Waals surface area contributed by atoms with E-state index in [0.717, 1.165) is 5.56 Å². The standard InChI is InChI=1S/C12H14O/c1-3-10-12(13,4-2)11-8-6-5-7-9-11/h1,5-9,13H,4,10H2,2H3/t12-/m1/s1. The van der Waals surface area contributed by atoms with Crippen LogP contribution in [0.15, 0.2) is 30.3 Å². The summed E-state index contributed by atoms with van der Waals surface area (Å²) in [6, 6.07) is 9.55. The van der Waals surface area contributed by atoms with Crippen LogP contribution in [0, 0.1) is 12.3 Å². The van der Waals surface area contributed by atoms with Gasteiger partial charge in [0.15, 0.2) is 0 Å². The predicted molar refractivity (Wildman–Crippen MR) is 54.1 cm³/mol. The lowest BCUT2D eigenvalue weighted by atomic mass is 9.88. The highest BCUT2D eigenvalue weighted by atomic mass is 16.3. The van der Waals surface area contributed by atoms with E-state index in [1.807, 2.05) is 37.3 Å². The van der Waals surface area contributed by atoms with Gasteiger partial charge in [-0.05, 0) is 12.0 Å². The van der Waals surface area contributed by atoms with E-state index in [1.54, 1.807) is 0 Å². The highest BCUT2D eigenvalue weighted by Crippen LogP contribution is 2.27. The van der Waals surface area contributed by atoms with Crippen molar-refractivity contribution >= 4 is 0 Å². The molecular weight excluding hydrogens is 160 g/mol. The van der Waals surface area contributed by atoms with E-state index in [-0.39, 0.29) is 0 Å². The van der Waals surface area contributed by atoms with E-state index in [1.165, 1.54) is 0 Å². The fraction of sp³-hybridized carbons (Fsp3) is 0.333. The molecule has 0 unspecified atom stereocenters. The summed E-state index contributed by atoms with van der Waals surface area (Å²) in [7, 11) is 0. The van der Waals surface area contributed by atoms with Gasteiger partial charge in [-0.2, -0.15) is 0 Å². The highest BCUT2D eigenvalue weighted by molar-refractivity contribution is 5.23. The molecule has 0 aliphatic carbocycles. The minimum Gasteiger partial charge on any atom is -0.384 e. The molecule has 1 heteroatoms. The van der Waals surface area contributed by atoms with Crippen molar-refractivity contribution in [3.8, 4) is 12.3 Å². The van der Waals surface area contributed by atoms with E-state index in [9.17, 15) is 5.11 Å². The first-order valence-electron chi connectivity index (χ1n) is 4.44. The Hall–Kier alpha value is -1.26. The van der Waals surface area contributed by atoms with Gasteiger partial charge in [0.2, 0.25) is 0 Å². The quantitative estimate of drug-likeness (QED) is 0.697. The molecule has 0 saturated heterocycles. The van der Waals surface area contributed by atoms with Crippen molar-refractivity contribution in [3.05, 3.63) is 35.9 Å². The molecule has 0 fully saturated rings. The fourth-order valence-electron chi connectivity index (χ4n) is 1.35. The molecule has 0 amide bonds. The smallest absolute Gasteiger partial charge is 0.100 e. The summed E-state index contributed by atoms with van der Waals surface area (Å²) in [5.41, 5.74) is 0.0474. The first kappa shape index (κ1) is 9.83. The summed E-state index contributed by atoms with van der Waals surface area (Å²) < 4.78 is 0. The zero-order valence-corrected chi connectivity index (χ0v) is 7.83. The van der Waals surface area contributed by atoms with Crippen LogP contribution in [-0.4, -0.2) is 5.11 Å². The van der Waals surface area contributed by atoms with Crippen molar-refractivity contribution in [2.45, 2.75) is 25.4 Å². The van der Waals surface area contributed by atoms with Crippen molar-refractivity contribution in [1.82, 2.24) is 0 Å². The molecule has 1 atom stereocenters. The van der Waals surface area contributed by atoms with E-state index >= 15 is 0 Å². The second-order valence-electron chi connectivity index (χ2n) is 3.13. The van der Waals surface area contributed by atoms with Crippen molar-refractivity contribution in [2.75, 3.05) is 0 Å². The van der Waals surface area contributed by atoms with Crippen LogP contribution >= 0.6 is 0 Å². The zero-order valence-electron chi connectivity index (χ0n) is 7.83. The Kier molecular flexibility index (Phi) is 3.11. The van der Waals surface area contributed by atoms with Crippen LogP contribution in [0.25, 0.3) is 0 Å². The highest BCUT2D eigenvalue weighted by Gasteiger charge is 2.25. The van der Waals surface area contributed by atoms with E-state index in [4.69, 9.17) is 6.42 Å². The molecule has 0 aliphatic heterocycles. The van der Waals surface area contributed by atoms with Crippen molar-refractivity contribution < 1.29 is 5.11 Å². The second kappa shape index (κ2) is 4.11. The Bertz CT molecular complexity index is 297. The Balaban J connectivity index is 2.97. The molecule has 1 rings (SSSR count). The predicted octanol–water partition coefficient (Wildman–Crippen LogP) is 2.31. The SMILES string of the molecule is C#CC[C@](O)(CC)c1ccccc1. The summed E-state index contributed by atoms with van der Waals surface area (Å²) in [6.45, 7) is 1.93. The van der Waals surface area contributed by atoms with Crippen LogP contribution in [-0.2, 0) is 5.60 Å². The topological polar surface area (TPSA) is 20.2 Å². The van der Waals surface area contributed by atoms with Gasteiger partial charge in [0.1, 0.15) is 5.60 Å². The third-order valence-corrected chi connectivity index (χ3v) is 2.29. The summed E-state index contributed by atoms with van der Waals surface area (Å²) in [6.07, 6.45) is 6.23. The Morgan fingerprint density at radius 1 is 1.38 bits per heavy atom. The molecule has 1 aromatic carbocycles. The Labute approximate surface area is 79.4 Å². The average molecular weight is 174 g/mol. The summed E-state index contributed by atoms with van der Waals surface area (Å²) >= 11 is 0. The Morgan fingerprint density at radius 2 is 2.00 bits per heavy atom. The molecule has 0 heterocycles. The molecule has 1 N–H and O–H groups in total. The first-order valence-corrected chi connectivity index (χ1v) is 4.44. The molecule has 1 aromatic rings. The van der Waals surface area contributed by atoms with E-state index in [0.29, 0.717) is 12.8 Å². The molecule has 0 aliphatic rings. The minimum absolute atomic E-state index is 0.369. The monoisotopic (exact) mass is 174 g/mol. The van der Waals surface area contributed by atoms with Crippen LogP contribution in [0.1, 0.15) is 25.3 Å². The molecule has 13 heavy (non-hydrogen) atoms. The summed E-state index contributed by atoms with van der Waals surface area (Å²) in [5, 5.41) is 10.1. The van der Waals surface area contributed by atoms with E-state index in [2.05, 4.69) is 5.92 Å². The van der Waals surface area contributed by atoms with Gasteiger partial charge >= 0.3 is 0 Å².